The highest BCUT2D eigenvalue weighted by Crippen LogP contribution is 1.82. The topological polar surface area (TPSA) is 96.5 Å². The summed E-state index contributed by atoms with van der Waals surface area (Å²) >= 11 is 0. The monoisotopic (exact) mass is 165 g/mol. The van der Waals surface area contributed by atoms with Crippen LogP contribution < -0.4 is 16.2 Å². The van der Waals surface area contributed by atoms with Gasteiger partial charge < -0.3 is 25.4 Å². The van der Waals surface area contributed by atoms with Gasteiger partial charge in [0.05, 0.1) is 0 Å². The lowest BCUT2D eigenvalue weighted by Crippen LogP contribution is -2.67. The van der Waals surface area contributed by atoms with Gasteiger partial charge in [-0.1, -0.05) is 6.92 Å². The summed E-state index contributed by atoms with van der Waals surface area (Å²) in [7, 11) is -2.83. The maximum atomic E-state index is 5.21. The maximum absolute atomic E-state index is 5.21. The van der Waals surface area contributed by atoms with Gasteiger partial charge in [0.15, 0.2) is 0 Å². The molecule has 0 fully saturated rings. The van der Waals surface area contributed by atoms with Gasteiger partial charge in [-0.2, -0.15) is 0 Å². The first-order chi connectivity index (χ1) is 4.56. The number of hydrogen-bond acceptors (Lipinski definition) is 5. The van der Waals surface area contributed by atoms with Gasteiger partial charge >= 0.3 is 8.80 Å². The minimum atomic E-state index is -2.83. The SMILES string of the molecule is CCCOCO[Si](N)(N)N. The van der Waals surface area contributed by atoms with Gasteiger partial charge in [-0.05, 0) is 6.42 Å². The summed E-state index contributed by atoms with van der Waals surface area (Å²) in [5, 5.41) is 15.6. The molecular formula is C4H15N3O2Si. The van der Waals surface area contributed by atoms with Crippen LogP contribution in [0.2, 0.25) is 0 Å². The van der Waals surface area contributed by atoms with Crippen molar-refractivity contribution in [1.82, 2.24) is 0 Å². The molecule has 0 radical (unpaired) electrons. The molecular weight excluding hydrogens is 150 g/mol. The van der Waals surface area contributed by atoms with E-state index in [0.29, 0.717) is 6.61 Å². The Labute approximate surface area is 61.8 Å². The molecule has 62 valence electrons. The standard InChI is InChI=1S/C4H15N3O2Si/c1-2-3-8-4-9-10(5,6)7/h2-7H2,1H3. The number of hydrogen-bond donors (Lipinski definition) is 3. The molecule has 0 aromatic heterocycles. The first-order valence-electron chi connectivity index (χ1n) is 3.14. The Hall–Kier alpha value is 0.0169. The van der Waals surface area contributed by atoms with E-state index in [4.69, 9.17) is 25.4 Å². The fourth-order valence-electron chi connectivity index (χ4n) is 0.347. The van der Waals surface area contributed by atoms with Crippen LogP contribution in [0, 0.1) is 0 Å². The molecule has 0 aromatic carbocycles. The molecule has 0 aliphatic rings. The fraction of sp³-hybridized carbons (Fsp3) is 1.00. The van der Waals surface area contributed by atoms with Crippen molar-refractivity contribution in [1.29, 1.82) is 0 Å². The van der Waals surface area contributed by atoms with Crippen LogP contribution in [0.15, 0.2) is 0 Å². The van der Waals surface area contributed by atoms with Crippen LogP contribution in [0.3, 0.4) is 0 Å². The third-order valence-electron chi connectivity index (χ3n) is 0.741. The summed E-state index contributed by atoms with van der Waals surface area (Å²) in [6, 6.07) is 0. The van der Waals surface area contributed by atoms with Gasteiger partial charge in [-0.25, -0.2) is 0 Å². The molecule has 0 rings (SSSR count). The highest BCUT2D eigenvalue weighted by molar-refractivity contribution is 6.63. The van der Waals surface area contributed by atoms with Crippen LogP contribution in [-0.4, -0.2) is 22.2 Å². The lowest BCUT2D eigenvalue weighted by molar-refractivity contribution is 0.00838. The van der Waals surface area contributed by atoms with Gasteiger partial charge in [-0.3, -0.25) is 0 Å². The average molecular weight is 165 g/mol. The number of ether oxygens (including phenoxy) is 1. The summed E-state index contributed by atoms with van der Waals surface area (Å²) in [5.41, 5.74) is 0. The molecule has 0 saturated carbocycles. The summed E-state index contributed by atoms with van der Waals surface area (Å²) in [5.74, 6) is 0. The second kappa shape index (κ2) is 4.77. The Morgan fingerprint density at radius 1 is 1.30 bits per heavy atom. The summed E-state index contributed by atoms with van der Waals surface area (Å²) in [4.78, 5) is 0. The lowest BCUT2D eigenvalue weighted by atomic mass is 10.5. The quantitative estimate of drug-likeness (QED) is 0.267. The highest BCUT2D eigenvalue weighted by atomic mass is 28.4. The molecule has 6 N–H and O–H groups in total. The fourth-order valence-corrected chi connectivity index (χ4v) is 0.634. The highest BCUT2D eigenvalue weighted by Gasteiger charge is 2.18. The predicted molar refractivity (Wildman–Crippen MR) is 40.5 cm³/mol. The lowest BCUT2D eigenvalue weighted by Gasteiger charge is -2.14. The second-order valence-electron chi connectivity index (χ2n) is 2.02. The predicted octanol–water partition coefficient (Wildman–Crippen LogP) is -1.30. The van der Waals surface area contributed by atoms with Gasteiger partial charge in [0, 0.05) is 6.61 Å². The molecule has 10 heavy (non-hydrogen) atoms. The van der Waals surface area contributed by atoms with Crippen LogP contribution in [0.25, 0.3) is 0 Å². The molecule has 0 atom stereocenters. The molecule has 6 heteroatoms. The van der Waals surface area contributed by atoms with Crippen molar-refractivity contribution in [3.8, 4) is 0 Å². The Balaban J connectivity index is 3.04. The molecule has 0 aromatic rings. The molecule has 0 bridgehead atoms. The van der Waals surface area contributed by atoms with Crippen LogP contribution in [0.5, 0.6) is 0 Å². The minimum absolute atomic E-state index is 0.101. The average Bonchev–Trinajstić information content (AvgIpc) is 1.78. The molecule has 0 saturated heterocycles. The first kappa shape index (κ1) is 10.0. The Morgan fingerprint density at radius 3 is 2.30 bits per heavy atom. The van der Waals surface area contributed by atoms with Crippen LogP contribution >= 0.6 is 0 Å². The zero-order valence-electron chi connectivity index (χ0n) is 6.17. The molecule has 0 spiro atoms. The van der Waals surface area contributed by atoms with E-state index in [1.165, 1.54) is 0 Å². The first-order valence-corrected chi connectivity index (χ1v) is 5.28. The van der Waals surface area contributed by atoms with Gasteiger partial charge in [0.25, 0.3) is 0 Å². The van der Waals surface area contributed by atoms with E-state index in [-0.39, 0.29) is 6.79 Å². The molecule has 0 heterocycles. The van der Waals surface area contributed by atoms with Crippen molar-refractivity contribution < 1.29 is 9.16 Å². The number of rotatable bonds is 5. The number of nitrogens with two attached hydrogens (primary N) is 3. The summed E-state index contributed by atoms with van der Waals surface area (Å²) in [6.07, 6.45) is 0.942. The van der Waals surface area contributed by atoms with Gasteiger partial charge in [0.2, 0.25) is 0 Å². The van der Waals surface area contributed by atoms with Crippen molar-refractivity contribution in [3.05, 3.63) is 0 Å². The van der Waals surface area contributed by atoms with E-state index in [9.17, 15) is 0 Å². The second-order valence-corrected chi connectivity index (χ2v) is 4.02. The Bertz CT molecular complexity index is 85.1. The van der Waals surface area contributed by atoms with Crippen molar-refractivity contribution in [2.45, 2.75) is 13.3 Å². The zero-order valence-corrected chi connectivity index (χ0v) is 7.17. The molecule has 0 aliphatic heterocycles. The van der Waals surface area contributed by atoms with E-state index in [2.05, 4.69) is 0 Å². The smallest absolute Gasteiger partial charge is 0.356 e. The zero-order chi connectivity index (χ0) is 8.04. The van der Waals surface area contributed by atoms with Crippen molar-refractivity contribution in [3.63, 3.8) is 0 Å². The molecule has 0 aliphatic carbocycles. The molecule has 5 nitrogen and oxygen atoms in total. The Morgan fingerprint density at radius 2 is 1.90 bits per heavy atom. The Kier molecular flexibility index (Phi) is 4.78. The van der Waals surface area contributed by atoms with E-state index in [1.54, 1.807) is 0 Å². The van der Waals surface area contributed by atoms with E-state index in [1.807, 2.05) is 6.92 Å². The van der Waals surface area contributed by atoms with Gasteiger partial charge in [-0.15, -0.1) is 0 Å². The van der Waals surface area contributed by atoms with Gasteiger partial charge in [0.1, 0.15) is 6.79 Å². The normalized spacial score (nSPS) is 12.0. The third-order valence-corrected chi connectivity index (χ3v) is 1.36. The molecule has 0 unspecified atom stereocenters. The van der Waals surface area contributed by atoms with E-state index >= 15 is 0 Å². The molecule has 0 amide bonds. The minimum Gasteiger partial charge on any atom is -0.356 e. The van der Waals surface area contributed by atoms with E-state index in [0.717, 1.165) is 6.42 Å². The van der Waals surface area contributed by atoms with Crippen molar-refractivity contribution in [2.24, 2.45) is 16.2 Å². The largest absolute Gasteiger partial charge is 0.433 e. The van der Waals surface area contributed by atoms with Crippen LogP contribution in [-0.2, 0) is 9.16 Å². The van der Waals surface area contributed by atoms with Crippen molar-refractivity contribution >= 4 is 8.80 Å². The van der Waals surface area contributed by atoms with E-state index < -0.39 is 8.80 Å². The van der Waals surface area contributed by atoms with Crippen LogP contribution in [0.4, 0.5) is 0 Å². The van der Waals surface area contributed by atoms with Crippen molar-refractivity contribution in [2.75, 3.05) is 13.4 Å². The maximum Gasteiger partial charge on any atom is 0.433 e. The van der Waals surface area contributed by atoms with Crippen LogP contribution in [0.1, 0.15) is 13.3 Å². The summed E-state index contributed by atoms with van der Waals surface area (Å²) < 4.78 is 9.71. The third kappa shape index (κ3) is 8.02. The summed E-state index contributed by atoms with van der Waals surface area (Å²) in [6.45, 7) is 2.74.